The van der Waals surface area contributed by atoms with Gasteiger partial charge in [-0.2, -0.15) is 0 Å². The Morgan fingerprint density at radius 2 is 1.92 bits per heavy atom. The minimum atomic E-state index is 0.0943. The third kappa shape index (κ3) is 2.93. The average Bonchev–Trinajstić information content (AvgIpc) is 2.21. The Morgan fingerprint density at radius 1 is 1.08 bits per heavy atom. The fourth-order valence-electron chi connectivity index (χ4n) is 1.96. The minimum absolute atomic E-state index is 0.0943. The molecule has 13 heavy (non-hydrogen) atoms. The number of nitrogens with one attached hydrogen (secondary N) is 1. The predicted molar refractivity (Wildman–Crippen MR) is 50.6 cm³/mol. The molecule has 0 aromatic carbocycles. The first-order chi connectivity index (χ1) is 6.45. The third-order valence-corrected chi connectivity index (χ3v) is 2.77. The van der Waals surface area contributed by atoms with Crippen molar-refractivity contribution in [1.29, 1.82) is 0 Å². The number of hydrogen-bond donors (Lipinski definition) is 1. The molecule has 3 heteroatoms. The Morgan fingerprint density at radius 3 is 2.62 bits per heavy atom. The fourth-order valence-corrected chi connectivity index (χ4v) is 1.96. The van der Waals surface area contributed by atoms with Crippen LogP contribution >= 0.6 is 0 Å². The van der Waals surface area contributed by atoms with E-state index in [1.807, 2.05) is 0 Å². The van der Waals surface area contributed by atoms with E-state index in [9.17, 15) is 0 Å². The van der Waals surface area contributed by atoms with Gasteiger partial charge in [0.05, 0.1) is 6.10 Å². The molecule has 2 heterocycles. The Hall–Kier alpha value is -0.120. The molecule has 2 saturated heterocycles. The zero-order valence-electron chi connectivity index (χ0n) is 8.13. The summed E-state index contributed by atoms with van der Waals surface area (Å²) < 4.78 is 11.4. The van der Waals surface area contributed by atoms with E-state index < -0.39 is 0 Å². The van der Waals surface area contributed by atoms with Gasteiger partial charge in [0.15, 0.2) is 6.29 Å². The van der Waals surface area contributed by atoms with Crippen LogP contribution in [-0.4, -0.2) is 32.1 Å². The van der Waals surface area contributed by atoms with E-state index >= 15 is 0 Å². The van der Waals surface area contributed by atoms with Crippen molar-refractivity contribution >= 4 is 0 Å². The lowest BCUT2D eigenvalue weighted by atomic mass is 10.1. The summed E-state index contributed by atoms with van der Waals surface area (Å²) in [4.78, 5) is 0. The van der Waals surface area contributed by atoms with Gasteiger partial charge in [0, 0.05) is 6.61 Å². The van der Waals surface area contributed by atoms with Crippen LogP contribution in [0.25, 0.3) is 0 Å². The van der Waals surface area contributed by atoms with Crippen LogP contribution in [0.1, 0.15) is 32.1 Å². The first kappa shape index (κ1) is 9.44. The lowest BCUT2D eigenvalue weighted by Gasteiger charge is -2.30. The highest BCUT2D eigenvalue weighted by molar-refractivity contribution is 4.69. The van der Waals surface area contributed by atoms with Crippen molar-refractivity contribution < 1.29 is 9.47 Å². The van der Waals surface area contributed by atoms with E-state index in [0.29, 0.717) is 6.10 Å². The number of ether oxygens (including phenoxy) is 2. The Kier molecular flexibility index (Phi) is 3.58. The van der Waals surface area contributed by atoms with Crippen molar-refractivity contribution in [1.82, 2.24) is 5.32 Å². The van der Waals surface area contributed by atoms with Crippen LogP contribution in [0.4, 0.5) is 0 Å². The van der Waals surface area contributed by atoms with Crippen LogP contribution in [0, 0.1) is 0 Å². The zero-order valence-corrected chi connectivity index (χ0v) is 8.13. The number of hydrogen-bond acceptors (Lipinski definition) is 3. The quantitative estimate of drug-likeness (QED) is 0.703. The second-order valence-electron chi connectivity index (χ2n) is 3.88. The van der Waals surface area contributed by atoms with Crippen LogP contribution in [0.3, 0.4) is 0 Å². The average molecular weight is 185 g/mol. The maximum atomic E-state index is 5.87. The van der Waals surface area contributed by atoms with Crippen LogP contribution in [0.15, 0.2) is 0 Å². The zero-order chi connectivity index (χ0) is 8.93. The van der Waals surface area contributed by atoms with Crippen LogP contribution in [0.2, 0.25) is 0 Å². The molecule has 0 aromatic heterocycles. The first-order valence-corrected chi connectivity index (χ1v) is 5.43. The molecule has 1 atom stereocenters. The highest BCUT2D eigenvalue weighted by atomic mass is 16.7. The van der Waals surface area contributed by atoms with E-state index in [-0.39, 0.29) is 6.29 Å². The monoisotopic (exact) mass is 185 g/mol. The van der Waals surface area contributed by atoms with Crippen molar-refractivity contribution in [2.45, 2.75) is 44.5 Å². The summed E-state index contributed by atoms with van der Waals surface area (Å²) in [5.41, 5.74) is 0. The topological polar surface area (TPSA) is 30.5 Å². The molecule has 2 aliphatic rings. The molecule has 76 valence electrons. The molecule has 1 N–H and O–H groups in total. The van der Waals surface area contributed by atoms with E-state index in [4.69, 9.17) is 9.47 Å². The summed E-state index contributed by atoms with van der Waals surface area (Å²) in [6.45, 7) is 3.07. The van der Waals surface area contributed by atoms with Crippen molar-refractivity contribution in [2.24, 2.45) is 0 Å². The molecule has 2 rings (SSSR count). The maximum absolute atomic E-state index is 5.87. The number of rotatable bonds is 2. The smallest absolute Gasteiger partial charge is 0.157 e. The Balaban J connectivity index is 1.69. The first-order valence-electron chi connectivity index (χ1n) is 5.43. The lowest BCUT2D eigenvalue weighted by Crippen LogP contribution is -2.36. The molecule has 0 radical (unpaired) electrons. The number of piperidine rings is 1. The van der Waals surface area contributed by atoms with E-state index in [2.05, 4.69) is 5.32 Å². The second kappa shape index (κ2) is 4.94. The minimum Gasteiger partial charge on any atom is -0.353 e. The summed E-state index contributed by atoms with van der Waals surface area (Å²) in [6, 6.07) is 0. The van der Waals surface area contributed by atoms with Crippen molar-refractivity contribution in [3.63, 3.8) is 0 Å². The summed E-state index contributed by atoms with van der Waals surface area (Å²) in [5.74, 6) is 0. The van der Waals surface area contributed by atoms with E-state index in [1.165, 1.54) is 12.8 Å². The van der Waals surface area contributed by atoms with Gasteiger partial charge >= 0.3 is 0 Å². The molecule has 3 nitrogen and oxygen atoms in total. The van der Waals surface area contributed by atoms with Gasteiger partial charge in [0.2, 0.25) is 0 Å². The van der Waals surface area contributed by atoms with Gasteiger partial charge in [-0.05, 0) is 45.2 Å². The van der Waals surface area contributed by atoms with Gasteiger partial charge in [-0.25, -0.2) is 0 Å². The van der Waals surface area contributed by atoms with Gasteiger partial charge < -0.3 is 14.8 Å². The molecule has 0 spiro atoms. The van der Waals surface area contributed by atoms with Gasteiger partial charge in [-0.1, -0.05) is 0 Å². The molecular formula is C10H19NO2. The Labute approximate surface area is 79.8 Å². The van der Waals surface area contributed by atoms with Gasteiger partial charge in [0.1, 0.15) is 0 Å². The molecule has 0 amide bonds. The highest BCUT2D eigenvalue weighted by Gasteiger charge is 2.20. The summed E-state index contributed by atoms with van der Waals surface area (Å²) in [7, 11) is 0. The van der Waals surface area contributed by atoms with E-state index in [0.717, 1.165) is 39.0 Å². The molecule has 0 aromatic rings. The van der Waals surface area contributed by atoms with Crippen LogP contribution in [0.5, 0.6) is 0 Å². The van der Waals surface area contributed by atoms with Gasteiger partial charge in [0.25, 0.3) is 0 Å². The second-order valence-corrected chi connectivity index (χ2v) is 3.88. The SMILES string of the molecule is C1CCC(OC2CCNCC2)OC1. The molecule has 0 saturated carbocycles. The molecule has 2 fully saturated rings. The van der Waals surface area contributed by atoms with Crippen molar-refractivity contribution in [2.75, 3.05) is 19.7 Å². The highest BCUT2D eigenvalue weighted by Crippen LogP contribution is 2.18. The normalized spacial score (nSPS) is 31.8. The van der Waals surface area contributed by atoms with E-state index in [1.54, 1.807) is 0 Å². The summed E-state index contributed by atoms with van der Waals surface area (Å²) in [6.07, 6.45) is 6.35. The third-order valence-electron chi connectivity index (χ3n) is 2.77. The fraction of sp³-hybridized carbons (Fsp3) is 1.00. The lowest BCUT2D eigenvalue weighted by molar-refractivity contribution is -0.191. The van der Waals surface area contributed by atoms with Gasteiger partial charge in [-0.15, -0.1) is 0 Å². The Bertz CT molecular complexity index is 124. The van der Waals surface area contributed by atoms with Crippen molar-refractivity contribution in [3.8, 4) is 0 Å². The molecular weight excluding hydrogens is 166 g/mol. The molecule has 2 aliphatic heterocycles. The predicted octanol–water partition coefficient (Wildman–Crippen LogP) is 1.28. The summed E-state index contributed by atoms with van der Waals surface area (Å²) >= 11 is 0. The maximum Gasteiger partial charge on any atom is 0.157 e. The largest absolute Gasteiger partial charge is 0.353 e. The van der Waals surface area contributed by atoms with Crippen molar-refractivity contribution in [3.05, 3.63) is 0 Å². The molecule has 1 unspecified atom stereocenters. The van der Waals surface area contributed by atoms with Crippen LogP contribution < -0.4 is 5.32 Å². The van der Waals surface area contributed by atoms with Crippen LogP contribution in [-0.2, 0) is 9.47 Å². The molecule has 0 bridgehead atoms. The summed E-state index contributed by atoms with van der Waals surface area (Å²) in [5, 5.41) is 3.33. The molecule has 0 aliphatic carbocycles. The standard InChI is InChI=1S/C10H19NO2/c1-2-8-12-10(3-1)13-9-4-6-11-7-5-9/h9-11H,1-8H2. The van der Waals surface area contributed by atoms with Gasteiger partial charge in [-0.3, -0.25) is 0 Å².